The van der Waals surface area contributed by atoms with Crippen molar-refractivity contribution in [3.05, 3.63) is 82.4 Å². The number of anilines is 1. The maximum Gasteiger partial charge on any atom is 0.174 e. The van der Waals surface area contributed by atoms with Crippen molar-refractivity contribution in [2.45, 2.75) is 57.7 Å². The van der Waals surface area contributed by atoms with Crippen molar-refractivity contribution < 1.29 is 0 Å². The molecule has 1 N–H and O–H groups in total. The largest absolute Gasteiger partial charge is 0.351 e. The molecule has 0 unspecified atom stereocenters. The van der Waals surface area contributed by atoms with Crippen LogP contribution in [0, 0.1) is 13.8 Å². The van der Waals surface area contributed by atoms with Crippen LogP contribution in [0.1, 0.15) is 66.5 Å². The van der Waals surface area contributed by atoms with Crippen LogP contribution in [-0.4, -0.2) is 14.7 Å². The van der Waals surface area contributed by atoms with Crippen LogP contribution in [0.15, 0.2) is 54.7 Å². The first-order chi connectivity index (χ1) is 15.0. The second kappa shape index (κ2) is 8.29. The zero-order chi connectivity index (χ0) is 21.5. The summed E-state index contributed by atoms with van der Waals surface area (Å²) in [5.41, 5.74) is 6.00. The Morgan fingerprint density at radius 1 is 1.06 bits per heavy atom. The Kier molecular flexibility index (Phi) is 5.49. The first-order valence-corrected chi connectivity index (χ1v) is 11.8. The van der Waals surface area contributed by atoms with Crippen LogP contribution in [0.5, 0.6) is 0 Å². The summed E-state index contributed by atoms with van der Waals surface area (Å²) in [7, 11) is 0. The van der Waals surface area contributed by atoms with E-state index < -0.39 is 0 Å². The zero-order valence-electron chi connectivity index (χ0n) is 17.9. The Bertz CT molecular complexity index is 1090. The lowest BCUT2D eigenvalue weighted by Gasteiger charge is -2.28. The Balaban J connectivity index is 1.64. The first kappa shape index (κ1) is 20.5. The molecule has 2 aliphatic rings. The van der Waals surface area contributed by atoms with E-state index in [1.807, 2.05) is 42.6 Å². The molecule has 2 fully saturated rings. The van der Waals surface area contributed by atoms with Crippen LogP contribution < -0.4 is 10.2 Å². The molecule has 1 aliphatic heterocycles. The van der Waals surface area contributed by atoms with Crippen LogP contribution in [0.25, 0.3) is 0 Å². The predicted molar refractivity (Wildman–Crippen MR) is 131 cm³/mol. The molecular weight excluding hydrogens is 424 g/mol. The summed E-state index contributed by atoms with van der Waals surface area (Å²) in [6.07, 6.45) is 7.02. The second-order valence-electron chi connectivity index (χ2n) is 8.61. The van der Waals surface area contributed by atoms with Gasteiger partial charge in [0.2, 0.25) is 0 Å². The number of halogens is 1. The molecule has 1 saturated carbocycles. The van der Waals surface area contributed by atoms with Gasteiger partial charge in [0, 0.05) is 34.3 Å². The van der Waals surface area contributed by atoms with Gasteiger partial charge in [-0.05, 0) is 86.9 Å². The molecule has 1 aromatic carbocycles. The predicted octanol–water partition coefficient (Wildman–Crippen LogP) is 6.45. The van der Waals surface area contributed by atoms with Gasteiger partial charge in [0.05, 0.1) is 17.8 Å². The number of hydrogen-bond acceptors (Lipinski definition) is 2. The normalized spacial score (nSPS) is 21.6. The lowest BCUT2D eigenvalue weighted by Crippen LogP contribution is -2.29. The van der Waals surface area contributed by atoms with Crippen LogP contribution in [0.2, 0.25) is 5.02 Å². The molecule has 1 aliphatic carbocycles. The maximum absolute atomic E-state index is 6.17. The van der Waals surface area contributed by atoms with Gasteiger partial charge in [0.1, 0.15) is 0 Å². The molecule has 0 bridgehead atoms. The van der Waals surface area contributed by atoms with Crippen LogP contribution >= 0.6 is 23.8 Å². The van der Waals surface area contributed by atoms with E-state index in [-0.39, 0.29) is 12.1 Å². The molecule has 3 aromatic rings. The molecule has 5 rings (SSSR count). The van der Waals surface area contributed by atoms with Gasteiger partial charge in [-0.25, -0.2) is 0 Å². The molecule has 0 radical (unpaired) electrons. The average molecular weight is 451 g/mol. The van der Waals surface area contributed by atoms with Crippen molar-refractivity contribution in [3.8, 4) is 0 Å². The summed E-state index contributed by atoms with van der Waals surface area (Å²) in [5, 5.41) is 5.00. The Morgan fingerprint density at radius 3 is 2.48 bits per heavy atom. The average Bonchev–Trinajstić information content (AvgIpc) is 3.47. The fourth-order valence-corrected chi connectivity index (χ4v) is 5.85. The molecule has 31 heavy (non-hydrogen) atoms. The first-order valence-electron chi connectivity index (χ1n) is 11.0. The van der Waals surface area contributed by atoms with Crippen molar-refractivity contribution in [2.24, 2.45) is 0 Å². The van der Waals surface area contributed by atoms with Crippen molar-refractivity contribution in [1.29, 1.82) is 0 Å². The minimum atomic E-state index is -0.0260. The fourth-order valence-electron chi connectivity index (χ4n) is 5.38. The molecule has 160 valence electrons. The van der Waals surface area contributed by atoms with Crippen molar-refractivity contribution in [1.82, 2.24) is 14.9 Å². The van der Waals surface area contributed by atoms with E-state index in [2.05, 4.69) is 45.7 Å². The standard InChI is InChI=1S/C25H27ClN4S/c1-16-15-21(17(2)29(16)19-7-3-4-8-19)24-23(22-9-5-6-14-27-22)28-25(31)30(24)20-12-10-18(26)11-13-20/h5-6,9-15,19,23-24H,3-4,7-8H2,1-2H3,(H,28,31)/t23-,24-/m1/s1. The molecular formula is C25H27ClN4S. The van der Waals surface area contributed by atoms with Crippen molar-refractivity contribution in [2.75, 3.05) is 4.90 Å². The fraction of sp³-hybridized carbons (Fsp3) is 0.360. The zero-order valence-corrected chi connectivity index (χ0v) is 19.5. The summed E-state index contributed by atoms with van der Waals surface area (Å²) in [6, 6.07) is 17.0. The number of rotatable bonds is 4. The van der Waals surface area contributed by atoms with Crippen LogP contribution in [0.3, 0.4) is 0 Å². The van der Waals surface area contributed by atoms with Gasteiger partial charge in [-0.2, -0.15) is 0 Å². The quantitative estimate of drug-likeness (QED) is 0.463. The van der Waals surface area contributed by atoms with Gasteiger partial charge in [-0.1, -0.05) is 30.5 Å². The number of aryl methyl sites for hydroxylation is 1. The summed E-state index contributed by atoms with van der Waals surface area (Å²) in [5.74, 6) is 0. The third kappa shape index (κ3) is 3.64. The third-order valence-electron chi connectivity index (χ3n) is 6.73. The Morgan fingerprint density at radius 2 is 1.81 bits per heavy atom. The number of hydrogen-bond donors (Lipinski definition) is 1. The van der Waals surface area contributed by atoms with Crippen molar-refractivity contribution >= 4 is 34.6 Å². The number of thiocarbonyl (C=S) groups is 1. The third-order valence-corrected chi connectivity index (χ3v) is 7.30. The summed E-state index contributed by atoms with van der Waals surface area (Å²) in [4.78, 5) is 6.90. The van der Waals surface area contributed by atoms with E-state index in [0.717, 1.165) is 16.4 Å². The van der Waals surface area contributed by atoms with Crippen LogP contribution in [0.4, 0.5) is 5.69 Å². The topological polar surface area (TPSA) is 33.1 Å². The molecule has 3 heterocycles. The molecule has 0 amide bonds. The highest BCUT2D eigenvalue weighted by molar-refractivity contribution is 7.80. The van der Waals surface area contributed by atoms with Gasteiger partial charge < -0.3 is 14.8 Å². The lowest BCUT2D eigenvalue weighted by molar-refractivity contribution is 0.494. The molecule has 2 aromatic heterocycles. The minimum absolute atomic E-state index is 0.0185. The highest BCUT2D eigenvalue weighted by Gasteiger charge is 2.42. The van der Waals surface area contributed by atoms with Gasteiger partial charge in [-0.3, -0.25) is 4.98 Å². The summed E-state index contributed by atoms with van der Waals surface area (Å²) >= 11 is 12.0. The van der Waals surface area contributed by atoms with E-state index in [1.54, 1.807) is 0 Å². The molecule has 6 heteroatoms. The number of benzene rings is 1. The van der Waals surface area contributed by atoms with Gasteiger partial charge in [-0.15, -0.1) is 0 Å². The van der Waals surface area contributed by atoms with Gasteiger partial charge in [0.15, 0.2) is 5.11 Å². The Labute approximate surface area is 194 Å². The minimum Gasteiger partial charge on any atom is -0.351 e. The van der Waals surface area contributed by atoms with E-state index in [1.165, 1.54) is 42.6 Å². The maximum atomic E-state index is 6.17. The highest BCUT2D eigenvalue weighted by atomic mass is 35.5. The smallest absolute Gasteiger partial charge is 0.174 e. The summed E-state index contributed by atoms with van der Waals surface area (Å²) < 4.78 is 2.55. The van der Waals surface area contributed by atoms with Crippen molar-refractivity contribution in [3.63, 3.8) is 0 Å². The number of aromatic nitrogens is 2. The van der Waals surface area contributed by atoms with E-state index in [4.69, 9.17) is 23.8 Å². The molecule has 0 spiro atoms. The monoisotopic (exact) mass is 450 g/mol. The SMILES string of the molecule is Cc1cc([C@@H]2[C@@H](c3ccccn3)NC(=S)N2c2ccc(Cl)cc2)c(C)n1C1CCCC1. The number of pyridine rings is 1. The number of nitrogens with one attached hydrogen (secondary N) is 1. The van der Waals surface area contributed by atoms with E-state index in [9.17, 15) is 0 Å². The second-order valence-corrected chi connectivity index (χ2v) is 9.43. The van der Waals surface area contributed by atoms with E-state index >= 15 is 0 Å². The summed E-state index contributed by atoms with van der Waals surface area (Å²) in [6.45, 7) is 4.50. The van der Waals surface area contributed by atoms with Crippen LogP contribution in [-0.2, 0) is 0 Å². The van der Waals surface area contributed by atoms with Gasteiger partial charge >= 0.3 is 0 Å². The van der Waals surface area contributed by atoms with E-state index in [0.29, 0.717) is 11.2 Å². The number of nitrogens with zero attached hydrogens (tertiary/aromatic N) is 3. The van der Waals surface area contributed by atoms with Gasteiger partial charge in [0.25, 0.3) is 0 Å². The molecule has 4 nitrogen and oxygen atoms in total. The molecule has 2 atom stereocenters. The Hall–Kier alpha value is -2.37. The highest BCUT2D eigenvalue weighted by Crippen LogP contribution is 2.44. The molecule has 1 saturated heterocycles. The lowest BCUT2D eigenvalue weighted by atomic mass is 9.96.